The zero-order valence-corrected chi connectivity index (χ0v) is 25.9. The third-order valence-corrected chi connectivity index (χ3v) is 7.95. The van der Waals surface area contributed by atoms with E-state index in [9.17, 15) is 19.3 Å². The summed E-state index contributed by atoms with van der Waals surface area (Å²) in [6, 6.07) is 23.4. The Kier molecular flexibility index (Phi) is 10.9. The van der Waals surface area contributed by atoms with Gasteiger partial charge in [-0.2, -0.15) is 5.09 Å². The molecule has 0 saturated heterocycles. The van der Waals surface area contributed by atoms with Crippen LogP contribution in [0, 0.1) is 0 Å². The summed E-state index contributed by atoms with van der Waals surface area (Å²) < 4.78 is 40.8. The molecule has 0 aromatic heterocycles. The molecule has 0 aliphatic carbocycles. The zero-order valence-electron chi connectivity index (χ0n) is 25.1. The van der Waals surface area contributed by atoms with Crippen LogP contribution in [0.15, 0.2) is 91.0 Å². The van der Waals surface area contributed by atoms with Crippen LogP contribution in [0.3, 0.4) is 0 Å². The summed E-state index contributed by atoms with van der Waals surface area (Å²) in [5.41, 5.74) is 2.21. The topological polar surface area (TPSA) is 142 Å². The smallest absolute Gasteiger partial charge is 0.507 e. The standard InChI is InChI=1S/C33H33N2O9P/c1-22(33(38)42-4)35-45(39,44-27-17-13-25(14-18-27)34-32(37)30-7-5-6-8-31(30)36)43-26-15-11-23(12-16-26)9-10-24-19-28(40-2)21-29(20-24)41-3/h5-22,36H,1-4H3,(H,34,37)(H,35,39)/t22-,45?/m0/s1. The Morgan fingerprint density at radius 2 is 1.31 bits per heavy atom. The number of esters is 1. The predicted molar refractivity (Wildman–Crippen MR) is 171 cm³/mol. The fourth-order valence-corrected chi connectivity index (χ4v) is 5.56. The van der Waals surface area contributed by atoms with Crippen LogP contribution in [-0.4, -0.2) is 44.4 Å². The number of rotatable bonds is 13. The number of phenols is 1. The molecular formula is C33H33N2O9P. The monoisotopic (exact) mass is 632 g/mol. The summed E-state index contributed by atoms with van der Waals surface area (Å²) in [6.45, 7) is 1.46. The molecule has 0 bridgehead atoms. The van der Waals surface area contributed by atoms with E-state index in [4.69, 9.17) is 23.3 Å². The van der Waals surface area contributed by atoms with Gasteiger partial charge in [-0.3, -0.25) is 9.59 Å². The summed E-state index contributed by atoms with van der Waals surface area (Å²) in [7, 11) is 0.179. The molecule has 234 valence electrons. The molecule has 0 heterocycles. The van der Waals surface area contributed by atoms with Crippen molar-refractivity contribution in [1.29, 1.82) is 0 Å². The van der Waals surface area contributed by atoms with E-state index in [1.165, 1.54) is 50.4 Å². The first kappa shape index (κ1) is 32.7. The summed E-state index contributed by atoms with van der Waals surface area (Å²) >= 11 is 0. The molecule has 45 heavy (non-hydrogen) atoms. The van der Waals surface area contributed by atoms with Crippen molar-refractivity contribution in [2.45, 2.75) is 13.0 Å². The highest BCUT2D eigenvalue weighted by Crippen LogP contribution is 2.45. The molecule has 1 unspecified atom stereocenters. The molecule has 0 aliphatic rings. The molecule has 0 radical (unpaired) electrons. The van der Waals surface area contributed by atoms with Crippen molar-refractivity contribution >= 4 is 37.5 Å². The highest BCUT2D eigenvalue weighted by Gasteiger charge is 2.33. The van der Waals surface area contributed by atoms with Gasteiger partial charge in [0.15, 0.2) is 0 Å². The third-order valence-electron chi connectivity index (χ3n) is 6.34. The number of aromatic hydroxyl groups is 1. The first-order valence-corrected chi connectivity index (χ1v) is 15.2. The Labute approximate surface area is 261 Å². The second-order valence-corrected chi connectivity index (χ2v) is 11.2. The molecule has 0 spiro atoms. The van der Waals surface area contributed by atoms with Crippen LogP contribution in [0.2, 0.25) is 0 Å². The number of ether oxygens (including phenoxy) is 3. The Bertz CT molecular complexity index is 1680. The van der Waals surface area contributed by atoms with E-state index in [1.54, 1.807) is 56.7 Å². The van der Waals surface area contributed by atoms with Crippen LogP contribution < -0.4 is 28.9 Å². The summed E-state index contributed by atoms with van der Waals surface area (Å²) in [6.07, 6.45) is 3.77. The van der Waals surface area contributed by atoms with Gasteiger partial charge in [0.1, 0.15) is 34.8 Å². The second kappa shape index (κ2) is 15.0. The average molecular weight is 633 g/mol. The van der Waals surface area contributed by atoms with Gasteiger partial charge >= 0.3 is 13.7 Å². The van der Waals surface area contributed by atoms with Crippen molar-refractivity contribution < 1.29 is 42.5 Å². The van der Waals surface area contributed by atoms with Gasteiger partial charge in [-0.15, -0.1) is 0 Å². The van der Waals surface area contributed by atoms with Gasteiger partial charge in [0.05, 0.1) is 26.9 Å². The highest BCUT2D eigenvalue weighted by atomic mass is 31.2. The molecule has 0 aliphatic heterocycles. The molecule has 4 rings (SSSR count). The number of phenolic OH excluding ortho intramolecular Hbond substituents is 1. The van der Waals surface area contributed by atoms with Crippen LogP contribution >= 0.6 is 7.75 Å². The van der Waals surface area contributed by atoms with E-state index >= 15 is 0 Å². The SMILES string of the molecule is COC(=O)[C@H](C)NP(=O)(Oc1ccc(C=Cc2cc(OC)cc(OC)c2)cc1)Oc1ccc(NC(=O)c2ccccc2O)cc1. The van der Waals surface area contributed by atoms with Gasteiger partial charge in [-0.1, -0.05) is 36.4 Å². The first-order valence-electron chi connectivity index (χ1n) is 13.7. The molecule has 12 heteroatoms. The molecule has 2 atom stereocenters. The Morgan fingerprint density at radius 3 is 1.87 bits per heavy atom. The number of para-hydroxylation sites is 1. The third kappa shape index (κ3) is 9.12. The van der Waals surface area contributed by atoms with Gasteiger partial charge in [0.25, 0.3) is 5.91 Å². The van der Waals surface area contributed by atoms with Crippen molar-refractivity contribution in [2.75, 3.05) is 26.6 Å². The normalized spacial score (nSPS) is 12.9. The van der Waals surface area contributed by atoms with Crippen molar-refractivity contribution in [3.05, 3.63) is 108 Å². The number of carbonyl (C=O) groups excluding carboxylic acids is 2. The fourth-order valence-electron chi connectivity index (χ4n) is 4.04. The van der Waals surface area contributed by atoms with E-state index in [2.05, 4.69) is 10.4 Å². The summed E-state index contributed by atoms with van der Waals surface area (Å²) in [5.74, 6) is 0.347. The van der Waals surface area contributed by atoms with Gasteiger partial charge < -0.3 is 33.7 Å². The lowest BCUT2D eigenvalue weighted by molar-refractivity contribution is -0.142. The molecule has 0 saturated carbocycles. The number of hydrogen-bond acceptors (Lipinski definition) is 9. The minimum Gasteiger partial charge on any atom is -0.507 e. The number of anilines is 1. The second-order valence-electron chi connectivity index (χ2n) is 9.60. The van der Waals surface area contributed by atoms with E-state index in [1.807, 2.05) is 24.3 Å². The zero-order chi connectivity index (χ0) is 32.4. The van der Waals surface area contributed by atoms with Gasteiger partial charge in [-0.25, -0.2) is 4.57 Å². The van der Waals surface area contributed by atoms with Gasteiger partial charge in [0.2, 0.25) is 0 Å². The largest absolute Gasteiger partial charge is 0.513 e. The molecular weight excluding hydrogens is 599 g/mol. The van der Waals surface area contributed by atoms with Crippen molar-refractivity contribution in [3.8, 4) is 28.7 Å². The predicted octanol–water partition coefficient (Wildman–Crippen LogP) is 6.55. The Hall–Kier alpha value is -5.25. The summed E-state index contributed by atoms with van der Waals surface area (Å²) in [4.78, 5) is 24.6. The Balaban J connectivity index is 1.48. The number of amides is 1. The molecule has 4 aromatic rings. The minimum absolute atomic E-state index is 0.110. The lowest BCUT2D eigenvalue weighted by Gasteiger charge is -2.23. The van der Waals surface area contributed by atoms with Gasteiger partial charge in [0, 0.05) is 11.8 Å². The average Bonchev–Trinajstić information content (AvgIpc) is 3.04. The van der Waals surface area contributed by atoms with Gasteiger partial charge in [-0.05, 0) is 78.7 Å². The maximum absolute atomic E-state index is 13.9. The molecule has 0 fully saturated rings. The molecule has 4 aromatic carbocycles. The number of hydrogen-bond donors (Lipinski definition) is 3. The fraction of sp³-hybridized carbons (Fsp3) is 0.152. The number of carbonyl (C=O) groups is 2. The maximum atomic E-state index is 13.9. The Morgan fingerprint density at radius 1 is 0.756 bits per heavy atom. The van der Waals surface area contributed by atoms with Crippen molar-refractivity contribution in [1.82, 2.24) is 5.09 Å². The van der Waals surface area contributed by atoms with Crippen LogP contribution in [-0.2, 0) is 14.1 Å². The van der Waals surface area contributed by atoms with E-state index in [0.29, 0.717) is 17.2 Å². The van der Waals surface area contributed by atoms with Crippen molar-refractivity contribution in [3.63, 3.8) is 0 Å². The first-order chi connectivity index (χ1) is 21.6. The van der Waals surface area contributed by atoms with Crippen LogP contribution in [0.5, 0.6) is 28.7 Å². The van der Waals surface area contributed by atoms with E-state index < -0.39 is 25.7 Å². The van der Waals surface area contributed by atoms with Crippen LogP contribution in [0.1, 0.15) is 28.4 Å². The lowest BCUT2D eigenvalue weighted by Crippen LogP contribution is -2.35. The highest BCUT2D eigenvalue weighted by molar-refractivity contribution is 7.52. The quantitative estimate of drug-likeness (QED) is 0.0844. The van der Waals surface area contributed by atoms with Crippen molar-refractivity contribution in [2.24, 2.45) is 0 Å². The molecule has 1 amide bonds. The molecule has 3 N–H and O–H groups in total. The van der Waals surface area contributed by atoms with E-state index in [0.717, 1.165) is 11.1 Å². The summed E-state index contributed by atoms with van der Waals surface area (Å²) in [5, 5.41) is 15.2. The number of methoxy groups -OCH3 is 3. The lowest BCUT2D eigenvalue weighted by atomic mass is 10.1. The maximum Gasteiger partial charge on any atom is 0.513 e. The number of benzene rings is 4. The van der Waals surface area contributed by atoms with Crippen LogP contribution in [0.25, 0.3) is 12.2 Å². The van der Waals surface area contributed by atoms with Crippen LogP contribution in [0.4, 0.5) is 5.69 Å². The minimum atomic E-state index is -4.20. The number of nitrogens with one attached hydrogen (secondary N) is 2. The molecule has 11 nitrogen and oxygen atoms in total. The van der Waals surface area contributed by atoms with E-state index in [-0.39, 0.29) is 22.8 Å².